The van der Waals surface area contributed by atoms with Gasteiger partial charge < -0.3 is 9.88 Å². The van der Waals surface area contributed by atoms with Crippen molar-refractivity contribution in [3.05, 3.63) is 78.3 Å². The number of aromatic nitrogens is 4. The van der Waals surface area contributed by atoms with E-state index in [0.717, 1.165) is 58.7 Å². The summed E-state index contributed by atoms with van der Waals surface area (Å²) in [6, 6.07) is 11.1. The molecule has 6 nitrogen and oxygen atoms in total. The van der Waals surface area contributed by atoms with E-state index in [1.165, 1.54) is 62.0 Å². The molecule has 2 aliphatic heterocycles. The number of allylic oxidation sites excluding steroid dienone is 2. The van der Waals surface area contributed by atoms with E-state index < -0.39 is 0 Å². The number of benzene rings is 1. The molecule has 2 saturated heterocycles. The molecule has 0 atom stereocenters. The molecule has 2 fully saturated rings. The first kappa shape index (κ1) is 23.7. The Labute approximate surface area is 219 Å². The number of fused-ring (bicyclic) bond motifs is 1. The van der Waals surface area contributed by atoms with Gasteiger partial charge in [-0.05, 0) is 93.6 Å². The first-order valence-electron chi connectivity index (χ1n) is 13.6. The zero-order valence-corrected chi connectivity index (χ0v) is 21.8. The molecule has 5 heterocycles. The smallest absolute Gasteiger partial charge is 0.116 e. The van der Waals surface area contributed by atoms with Crippen LogP contribution in [0.5, 0.6) is 0 Å². The van der Waals surface area contributed by atoms with Crippen molar-refractivity contribution in [2.45, 2.75) is 45.6 Å². The van der Waals surface area contributed by atoms with Crippen LogP contribution in [0.4, 0.5) is 0 Å². The van der Waals surface area contributed by atoms with Gasteiger partial charge in [-0.1, -0.05) is 18.7 Å². The third-order valence-corrected chi connectivity index (χ3v) is 7.81. The Balaban J connectivity index is 1.33. The topological polar surface area (TPSA) is 63.8 Å². The molecule has 0 aliphatic carbocycles. The third kappa shape index (κ3) is 4.86. The van der Waals surface area contributed by atoms with Gasteiger partial charge in [0.25, 0.3) is 0 Å². The van der Waals surface area contributed by atoms with Gasteiger partial charge in [-0.25, -0.2) is 0 Å². The number of aromatic amines is 2. The predicted molar refractivity (Wildman–Crippen MR) is 152 cm³/mol. The fraction of sp³-hybridized carbons (Fsp3) is 0.355. The van der Waals surface area contributed by atoms with Crippen LogP contribution in [0.1, 0.15) is 48.9 Å². The zero-order chi connectivity index (χ0) is 25.2. The number of H-pyrrole nitrogens is 2. The number of nitrogens with one attached hydrogen (secondary N) is 2. The molecular weight excluding hydrogens is 456 g/mol. The molecule has 0 amide bonds. The minimum absolute atomic E-state index is 0.948. The summed E-state index contributed by atoms with van der Waals surface area (Å²) in [6.45, 7) is 11.7. The normalized spacial score (nSPS) is 17.1. The predicted octanol–water partition coefficient (Wildman–Crippen LogP) is 6.54. The molecule has 6 heteroatoms. The van der Waals surface area contributed by atoms with Crippen LogP contribution in [0.2, 0.25) is 0 Å². The van der Waals surface area contributed by atoms with E-state index in [9.17, 15) is 0 Å². The van der Waals surface area contributed by atoms with Crippen LogP contribution in [0, 0.1) is 6.92 Å². The van der Waals surface area contributed by atoms with Crippen molar-refractivity contribution in [2.24, 2.45) is 0 Å². The fourth-order valence-electron chi connectivity index (χ4n) is 5.89. The Morgan fingerprint density at radius 2 is 1.78 bits per heavy atom. The quantitative estimate of drug-likeness (QED) is 0.288. The van der Waals surface area contributed by atoms with Crippen molar-refractivity contribution in [3.8, 4) is 22.5 Å². The molecule has 0 saturated carbocycles. The Morgan fingerprint density at radius 1 is 0.973 bits per heavy atom. The highest BCUT2D eigenvalue weighted by Crippen LogP contribution is 2.34. The van der Waals surface area contributed by atoms with E-state index in [0.29, 0.717) is 0 Å². The molecule has 1 aromatic carbocycles. The van der Waals surface area contributed by atoms with Gasteiger partial charge in [0.1, 0.15) is 5.69 Å². The van der Waals surface area contributed by atoms with Crippen LogP contribution in [0.15, 0.2) is 61.5 Å². The third-order valence-electron chi connectivity index (χ3n) is 7.81. The second kappa shape index (κ2) is 10.4. The standard InChI is InChI=1S/C31H36N6/c1-3-9-30(37-14-5-4-6-15-37)26-18-29(33-22(26)2)31-27-17-24(10-11-28(27)34-35-31)25-16-23(19-32-20-25)21-36-12-7-8-13-36/h3,9-11,16-20,33H,1,4-8,12-15,21H2,2H3,(H,34,35)/b30-9+. The second-order valence-electron chi connectivity index (χ2n) is 10.5. The average molecular weight is 493 g/mol. The van der Waals surface area contributed by atoms with E-state index in [4.69, 9.17) is 5.10 Å². The molecule has 2 aliphatic rings. The van der Waals surface area contributed by atoms with Crippen molar-refractivity contribution < 1.29 is 0 Å². The molecule has 0 spiro atoms. The zero-order valence-electron chi connectivity index (χ0n) is 21.8. The number of hydrogen-bond donors (Lipinski definition) is 2. The maximum absolute atomic E-state index is 4.73. The lowest BCUT2D eigenvalue weighted by molar-refractivity contribution is 0.326. The molecule has 0 radical (unpaired) electrons. The minimum atomic E-state index is 0.948. The van der Waals surface area contributed by atoms with Crippen LogP contribution >= 0.6 is 0 Å². The van der Waals surface area contributed by atoms with Crippen molar-refractivity contribution in [1.29, 1.82) is 0 Å². The first-order valence-corrected chi connectivity index (χ1v) is 13.6. The molecule has 0 bridgehead atoms. The van der Waals surface area contributed by atoms with Gasteiger partial charge in [0.05, 0.1) is 11.2 Å². The lowest BCUT2D eigenvalue weighted by Crippen LogP contribution is -2.28. The Kier molecular flexibility index (Phi) is 6.66. The van der Waals surface area contributed by atoms with Gasteiger partial charge in [-0.2, -0.15) is 5.10 Å². The molecule has 6 rings (SSSR count). The van der Waals surface area contributed by atoms with Crippen molar-refractivity contribution in [1.82, 2.24) is 30.0 Å². The van der Waals surface area contributed by atoms with E-state index in [1.807, 2.05) is 18.5 Å². The van der Waals surface area contributed by atoms with Gasteiger partial charge in [-0.3, -0.25) is 15.0 Å². The number of likely N-dealkylation sites (tertiary alicyclic amines) is 2. The van der Waals surface area contributed by atoms with Gasteiger partial charge in [0.2, 0.25) is 0 Å². The Bertz CT molecular complexity index is 1430. The van der Waals surface area contributed by atoms with E-state index in [2.05, 4.69) is 74.8 Å². The lowest BCUT2D eigenvalue weighted by Gasteiger charge is -2.31. The van der Waals surface area contributed by atoms with E-state index in [1.54, 1.807) is 0 Å². The molecular formula is C31H36N6. The Morgan fingerprint density at radius 3 is 2.59 bits per heavy atom. The lowest BCUT2D eigenvalue weighted by atomic mass is 10.0. The molecule has 4 aromatic rings. The summed E-state index contributed by atoms with van der Waals surface area (Å²) in [4.78, 5) is 13.2. The molecule has 3 aromatic heterocycles. The van der Waals surface area contributed by atoms with E-state index >= 15 is 0 Å². The summed E-state index contributed by atoms with van der Waals surface area (Å²) in [5, 5.41) is 9.08. The molecule has 37 heavy (non-hydrogen) atoms. The van der Waals surface area contributed by atoms with Gasteiger partial charge >= 0.3 is 0 Å². The van der Waals surface area contributed by atoms with Crippen LogP contribution in [0.3, 0.4) is 0 Å². The van der Waals surface area contributed by atoms with Crippen molar-refractivity contribution >= 4 is 16.6 Å². The SMILES string of the molecule is C=C/C=C(\c1cc(-c2n[nH]c3ccc(-c4cncc(CN5CCCC5)c4)cc23)[nH]c1C)N1CCCCC1. The maximum Gasteiger partial charge on any atom is 0.116 e. The van der Waals surface area contributed by atoms with Crippen LogP contribution < -0.4 is 0 Å². The highest BCUT2D eigenvalue weighted by Gasteiger charge is 2.20. The Hall–Kier alpha value is -3.64. The second-order valence-corrected chi connectivity index (χ2v) is 10.5. The van der Waals surface area contributed by atoms with Crippen molar-refractivity contribution in [3.63, 3.8) is 0 Å². The number of piperidine rings is 1. The number of pyridine rings is 1. The summed E-state index contributed by atoms with van der Waals surface area (Å²) in [7, 11) is 0. The number of aryl methyl sites for hydroxylation is 1. The monoisotopic (exact) mass is 492 g/mol. The van der Waals surface area contributed by atoms with E-state index in [-0.39, 0.29) is 0 Å². The fourth-order valence-corrected chi connectivity index (χ4v) is 5.89. The van der Waals surface area contributed by atoms with Gasteiger partial charge in [-0.15, -0.1) is 0 Å². The summed E-state index contributed by atoms with van der Waals surface area (Å²) >= 11 is 0. The van der Waals surface area contributed by atoms with Crippen molar-refractivity contribution in [2.75, 3.05) is 26.2 Å². The van der Waals surface area contributed by atoms with Crippen LogP contribution in [-0.4, -0.2) is 56.1 Å². The maximum atomic E-state index is 4.73. The number of nitrogens with zero attached hydrogens (tertiary/aromatic N) is 4. The van der Waals surface area contributed by atoms with Crippen LogP contribution in [-0.2, 0) is 6.54 Å². The van der Waals surface area contributed by atoms with Gasteiger partial charge in [0, 0.05) is 59.9 Å². The summed E-state index contributed by atoms with van der Waals surface area (Å²) in [6.07, 6.45) is 14.4. The highest BCUT2D eigenvalue weighted by atomic mass is 15.1. The summed E-state index contributed by atoms with van der Waals surface area (Å²) in [5.74, 6) is 0. The average Bonchev–Trinajstić information content (AvgIpc) is 3.68. The molecule has 190 valence electrons. The number of hydrogen-bond acceptors (Lipinski definition) is 4. The minimum Gasteiger partial charge on any atom is -0.371 e. The number of rotatable bonds is 7. The largest absolute Gasteiger partial charge is 0.371 e. The first-order chi connectivity index (χ1) is 18.2. The summed E-state index contributed by atoms with van der Waals surface area (Å²) in [5.41, 5.74) is 10.2. The molecule has 2 N–H and O–H groups in total. The van der Waals surface area contributed by atoms with Crippen LogP contribution in [0.25, 0.3) is 39.1 Å². The highest BCUT2D eigenvalue weighted by molar-refractivity contribution is 5.95. The summed E-state index contributed by atoms with van der Waals surface area (Å²) < 4.78 is 0. The van der Waals surface area contributed by atoms with Gasteiger partial charge in [0.15, 0.2) is 0 Å². The molecule has 0 unspecified atom stereocenters.